The number of hydrogen-bond donors (Lipinski definition) is 0. The predicted octanol–water partition coefficient (Wildman–Crippen LogP) is 3.34. The molecule has 0 saturated carbocycles. The Balaban J connectivity index is 1.67. The van der Waals surface area contributed by atoms with Crippen molar-refractivity contribution in [2.45, 2.75) is 22.9 Å². The second-order valence-electron chi connectivity index (χ2n) is 5.42. The molecular weight excluding hydrogens is 395 g/mol. The highest BCUT2D eigenvalue weighted by Gasteiger charge is 2.33. The van der Waals surface area contributed by atoms with Crippen LogP contribution in [-0.2, 0) is 12.7 Å². The number of furan rings is 1. The number of hydrogen-bond acceptors (Lipinski definition) is 8. The van der Waals surface area contributed by atoms with Crippen molar-refractivity contribution in [3.05, 3.63) is 60.6 Å². The zero-order chi connectivity index (χ0) is 19.6. The third-order valence-corrected chi connectivity index (χ3v) is 4.44. The second kappa shape index (κ2) is 7.38. The summed E-state index contributed by atoms with van der Waals surface area (Å²) in [6.45, 7) is 0.294. The summed E-state index contributed by atoms with van der Waals surface area (Å²) in [5, 5.41) is 15.7. The molecule has 0 aliphatic carbocycles. The summed E-state index contributed by atoms with van der Waals surface area (Å²) in [4.78, 5) is 8.24. The zero-order valence-corrected chi connectivity index (χ0v) is 14.7. The molecule has 0 aliphatic heterocycles. The van der Waals surface area contributed by atoms with Crippen LogP contribution < -0.4 is 0 Å². The van der Waals surface area contributed by atoms with Crippen LogP contribution >= 0.6 is 11.8 Å². The monoisotopic (exact) mass is 405 g/mol. The fourth-order valence-electron chi connectivity index (χ4n) is 2.29. The van der Waals surface area contributed by atoms with Gasteiger partial charge in [-0.3, -0.25) is 9.55 Å². The molecule has 0 aromatic carbocycles. The van der Waals surface area contributed by atoms with Gasteiger partial charge < -0.3 is 4.42 Å². The maximum Gasteiger partial charge on any atom is 0.435 e. The minimum atomic E-state index is -4.55. The van der Waals surface area contributed by atoms with Crippen molar-refractivity contribution < 1.29 is 17.6 Å². The number of alkyl halides is 3. The zero-order valence-electron chi connectivity index (χ0n) is 13.9. The van der Waals surface area contributed by atoms with Crippen molar-refractivity contribution in [3.63, 3.8) is 0 Å². The molecule has 142 valence electrons. The van der Waals surface area contributed by atoms with Gasteiger partial charge in [-0.25, -0.2) is 4.98 Å². The van der Waals surface area contributed by atoms with Gasteiger partial charge in [-0.2, -0.15) is 13.2 Å². The Morgan fingerprint density at radius 1 is 1.04 bits per heavy atom. The van der Waals surface area contributed by atoms with E-state index in [4.69, 9.17) is 4.42 Å². The standard InChI is InChI=1S/C16H10F3N7OS/c17-16(18,19)12-3-4-13(23-22-12)28-15-25-24-14(11-8-20-5-6-21-11)26(15)9-10-2-1-7-27-10/h1-8H,9H2. The van der Waals surface area contributed by atoms with E-state index in [0.717, 1.165) is 17.8 Å². The Morgan fingerprint density at radius 3 is 2.57 bits per heavy atom. The van der Waals surface area contributed by atoms with Gasteiger partial charge in [0, 0.05) is 12.4 Å². The molecule has 0 unspecified atom stereocenters. The highest BCUT2D eigenvalue weighted by molar-refractivity contribution is 7.99. The van der Waals surface area contributed by atoms with Crippen LogP contribution in [0.3, 0.4) is 0 Å². The van der Waals surface area contributed by atoms with Crippen molar-refractivity contribution in [1.29, 1.82) is 0 Å². The van der Waals surface area contributed by atoms with Gasteiger partial charge in [-0.1, -0.05) is 0 Å². The Morgan fingerprint density at radius 2 is 1.93 bits per heavy atom. The van der Waals surface area contributed by atoms with E-state index in [2.05, 4.69) is 30.4 Å². The molecule has 4 aromatic rings. The van der Waals surface area contributed by atoms with Crippen molar-refractivity contribution >= 4 is 11.8 Å². The molecule has 0 spiro atoms. The maximum absolute atomic E-state index is 12.7. The topological polar surface area (TPSA) is 95.4 Å². The highest BCUT2D eigenvalue weighted by atomic mass is 32.2. The van der Waals surface area contributed by atoms with Gasteiger partial charge in [0.2, 0.25) is 0 Å². The van der Waals surface area contributed by atoms with Crippen molar-refractivity contribution in [1.82, 2.24) is 34.9 Å². The Bertz CT molecular complexity index is 1050. The van der Waals surface area contributed by atoms with Crippen molar-refractivity contribution in [2.24, 2.45) is 0 Å². The summed E-state index contributed by atoms with van der Waals surface area (Å²) in [7, 11) is 0. The van der Waals surface area contributed by atoms with E-state index in [1.54, 1.807) is 16.7 Å². The first-order valence-electron chi connectivity index (χ1n) is 7.81. The molecular formula is C16H10F3N7OS. The first-order valence-corrected chi connectivity index (χ1v) is 8.63. The van der Waals surface area contributed by atoms with E-state index in [0.29, 0.717) is 29.0 Å². The van der Waals surface area contributed by atoms with Crippen molar-refractivity contribution in [3.8, 4) is 11.5 Å². The second-order valence-corrected chi connectivity index (χ2v) is 6.41. The van der Waals surface area contributed by atoms with E-state index in [-0.39, 0.29) is 5.03 Å². The summed E-state index contributed by atoms with van der Waals surface area (Å²) in [5.74, 6) is 1.08. The van der Waals surface area contributed by atoms with Crippen LogP contribution in [0.2, 0.25) is 0 Å². The molecule has 4 heterocycles. The van der Waals surface area contributed by atoms with E-state index in [1.165, 1.54) is 30.9 Å². The highest BCUT2D eigenvalue weighted by Crippen LogP contribution is 2.31. The molecule has 4 rings (SSSR count). The number of aromatic nitrogens is 7. The summed E-state index contributed by atoms with van der Waals surface area (Å²) in [5.41, 5.74) is -0.568. The van der Waals surface area contributed by atoms with Crippen molar-refractivity contribution in [2.75, 3.05) is 0 Å². The summed E-state index contributed by atoms with van der Waals surface area (Å²) >= 11 is 1.03. The van der Waals surface area contributed by atoms with E-state index in [9.17, 15) is 13.2 Å². The molecule has 28 heavy (non-hydrogen) atoms. The van der Waals surface area contributed by atoms with Crippen LogP contribution in [0.15, 0.2) is 63.7 Å². The van der Waals surface area contributed by atoms with Crippen LogP contribution in [0.5, 0.6) is 0 Å². The predicted molar refractivity (Wildman–Crippen MR) is 90.0 cm³/mol. The van der Waals surface area contributed by atoms with Gasteiger partial charge in [0.05, 0.1) is 19.0 Å². The van der Waals surface area contributed by atoms with Gasteiger partial charge in [0.15, 0.2) is 16.7 Å². The quantitative estimate of drug-likeness (QED) is 0.499. The Hall–Kier alpha value is -3.28. The minimum Gasteiger partial charge on any atom is -0.467 e. The molecule has 12 heteroatoms. The largest absolute Gasteiger partial charge is 0.467 e. The molecule has 4 aromatic heterocycles. The Labute approximate surface area is 159 Å². The Kier molecular flexibility index (Phi) is 4.77. The van der Waals surface area contributed by atoms with Gasteiger partial charge in [0.25, 0.3) is 0 Å². The number of nitrogens with zero attached hydrogens (tertiary/aromatic N) is 7. The number of rotatable bonds is 5. The fourth-order valence-corrected chi connectivity index (χ4v) is 3.04. The average Bonchev–Trinajstić information content (AvgIpc) is 3.33. The molecule has 0 radical (unpaired) electrons. The number of halogens is 3. The lowest BCUT2D eigenvalue weighted by Crippen LogP contribution is -2.09. The lowest BCUT2D eigenvalue weighted by molar-refractivity contribution is -0.141. The third-order valence-electron chi connectivity index (χ3n) is 3.53. The third kappa shape index (κ3) is 3.86. The SMILES string of the molecule is FC(F)(F)c1ccc(Sc2nnc(-c3cnccn3)n2Cc2ccco2)nn1. The van der Waals surface area contributed by atoms with Gasteiger partial charge >= 0.3 is 6.18 Å². The lowest BCUT2D eigenvalue weighted by Gasteiger charge is -2.08. The van der Waals surface area contributed by atoms with Crippen LogP contribution in [-0.4, -0.2) is 34.9 Å². The van der Waals surface area contributed by atoms with E-state index >= 15 is 0 Å². The molecule has 0 bridgehead atoms. The van der Waals surface area contributed by atoms with Gasteiger partial charge in [-0.15, -0.1) is 20.4 Å². The molecule has 0 saturated heterocycles. The molecule has 0 N–H and O–H groups in total. The first-order chi connectivity index (χ1) is 13.5. The van der Waals surface area contributed by atoms with E-state index < -0.39 is 11.9 Å². The van der Waals surface area contributed by atoms with Crippen LogP contribution in [0.25, 0.3) is 11.5 Å². The van der Waals surface area contributed by atoms with Gasteiger partial charge in [-0.05, 0) is 36.0 Å². The smallest absolute Gasteiger partial charge is 0.435 e. The molecule has 0 fully saturated rings. The summed E-state index contributed by atoms with van der Waals surface area (Å²) < 4.78 is 45.1. The lowest BCUT2D eigenvalue weighted by atomic mass is 10.4. The van der Waals surface area contributed by atoms with Gasteiger partial charge in [0.1, 0.15) is 16.5 Å². The normalized spacial score (nSPS) is 11.7. The molecule has 0 aliphatic rings. The molecule has 0 amide bonds. The van der Waals surface area contributed by atoms with E-state index in [1.807, 2.05) is 0 Å². The van der Waals surface area contributed by atoms with Crippen LogP contribution in [0.4, 0.5) is 13.2 Å². The van der Waals surface area contributed by atoms with Crippen LogP contribution in [0, 0.1) is 0 Å². The maximum atomic E-state index is 12.7. The molecule has 0 atom stereocenters. The summed E-state index contributed by atoms with van der Waals surface area (Å²) in [6.07, 6.45) is 1.58. The fraction of sp³-hybridized carbons (Fsp3) is 0.125. The first kappa shape index (κ1) is 18.1. The molecule has 8 nitrogen and oxygen atoms in total. The van der Waals surface area contributed by atoms with Crippen LogP contribution in [0.1, 0.15) is 11.5 Å². The minimum absolute atomic E-state index is 0.242. The average molecular weight is 405 g/mol. The summed E-state index contributed by atoms with van der Waals surface area (Å²) in [6, 6.07) is 5.63.